The molecule has 2 rings (SSSR count). The van der Waals surface area contributed by atoms with Crippen LogP contribution in [0.5, 0.6) is 0 Å². The van der Waals surface area contributed by atoms with E-state index in [1.165, 1.54) is 0 Å². The van der Waals surface area contributed by atoms with Crippen LogP contribution in [-0.2, 0) is 4.79 Å². The third-order valence-corrected chi connectivity index (χ3v) is 3.56. The van der Waals surface area contributed by atoms with Gasteiger partial charge in [-0.25, -0.2) is 0 Å². The minimum absolute atomic E-state index is 0.0733. The summed E-state index contributed by atoms with van der Waals surface area (Å²) < 4.78 is 0. The lowest BCUT2D eigenvalue weighted by Crippen LogP contribution is -2.50. The number of anilines is 1. The zero-order chi connectivity index (χ0) is 13.7. The highest BCUT2D eigenvalue weighted by molar-refractivity contribution is 5.92. The lowest BCUT2D eigenvalue weighted by Gasteiger charge is -2.36. The first kappa shape index (κ1) is 14.0. The van der Waals surface area contributed by atoms with Crippen molar-refractivity contribution in [1.82, 2.24) is 9.80 Å². The maximum atomic E-state index is 11.9. The Morgan fingerprint density at radius 2 is 1.79 bits per heavy atom. The number of hydrogen-bond acceptors (Lipinski definition) is 3. The summed E-state index contributed by atoms with van der Waals surface area (Å²) in [5.74, 6) is 0.0733. The second-order valence-electron chi connectivity index (χ2n) is 5.32. The number of nitrogens with zero attached hydrogens (tertiary/aromatic N) is 2. The van der Waals surface area contributed by atoms with E-state index in [1.807, 2.05) is 30.3 Å². The molecular weight excluding hydrogens is 238 g/mol. The van der Waals surface area contributed by atoms with Crippen LogP contribution < -0.4 is 5.32 Å². The number of amides is 1. The molecule has 0 saturated carbocycles. The monoisotopic (exact) mass is 261 g/mol. The second-order valence-corrected chi connectivity index (χ2v) is 5.32. The Bertz CT molecular complexity index is 397. The van der Waals surface area contributed by atoms with Crippen molar-refractivity contribution in [3.05, 3.63) is 30.3 Å². The van der Waals surface area contributed by atoms with E-state index < -0.39 is 0 Å². The molecule has 0 bridgehead atoms. The molecule has 1 heterocycles. The Morgan fingerprint density at radius 3 is 2.37 bits per heavy atom. The Labute approximate surface area is 115 Å². The van der Waals surface area contributed by atoms with Crippen molar-refractivity contribution >= 4 is 11.6 Å². The normalized spacial score (nSPS) is 17.6. The van der Waals surface area contributed by atoms with Crippen molar-refractivity contribution in [2.75, 3.05) is 38.0 Å². The first-order valence-corrected chi connectivity index (χ1v) is 6.96. The molecule has 0 radical (unpaired) electrons. The van der Waals surface area contributed by atoms with E-state index in [-0.39, 0.29) is 5.91 Å². The zero-order valence-electron chi connectivity index (χ0n) is 11.8. The van der Waals surface area contributed by atoms with Crippen LogP contribution in [0.15, 0.2) is 30.3 Å². The van der Waals surface area contributed by atoms with Gasteiger partial charge in [0.25, 0.3) is 0 Å². The summed E-state index contributed by atoms with van der Waals surface area (Å²) in [6, 6.07) is 10.2. The van der Waals surface area contributed by atoms with Gasteiger partial charge in [0, 0.05) is 37.9 Å². The molecule has 1 amide bonds. The summed E-state index contributed by atoms with van der Waals surface area (Å²) >= 11 is 0. The van der Waals surface area contributed by atoms with Crippen LogP contribution in [0.2, 0.25) is 0 Å². The molecule has 0 spiro atoms. The van der Waals surface area contributed by atoms with Gasteiger partial charge in [-0.15, -0.1) is 0 Å². The van der Waals surface area contributed by atoms with E-state index in [2.05, 4.69) is 29.0 Å². The van der Waals surface area contributed by atoms with Crippen LogP contribution in [0, 0.1) is 0 Å². The molecule has 0 aliphatic carbocycles. The summed E-state index contributed by atoms with van der Waals surface area (Å²) in [7, 11) is 0. The molecule has 1 fully saturated rings. The third-order valence-electron chi connectivity index (χ3n) is 3.56. The summed E-state index contributed by atoms with van der Waals surface area (Å²) in [5, 5.41) is 2.93. The average Bonchev–Trinajstić information content (AvgIpc) is 2.40. The SMILES string of the molecule is CC(C)N1CCN(CC(=O)Nc2ccccc2)CC1. The maximum Gasteiger partial charge on any atom is 0.238 e. The second kappa shape index (κ2) is 6.68. The van der Waals surface area contributed by atoms with Crippen LogP contribution in [0.25, 0.3) is 0 Å². The minimum atomic E-state index is 0.0733. The molecule has 1 aliphatic heterocycles. The molecule has 1 aromatic rings. The van der Waals surface area contributed by atoms with Crippen LogP contribution in [0.4, 0.5) is 5.69 Å². The Balaban J connectivity index is 1.75. The highest BCUT2D eigenvalue weighted by Gasteiger charge is 2.20. The number of hydrogen-bond donors (Lipinski definition) is 1. The predicted molar refractivity (Wildman–Crippen MR) is 78.2 cm³/mol. The number of benzene rings is 1. The molecule has 4 nitrogen and oxygen atoms in total. The number of para-hydroxylation sites is 1. The largest absolute Gasteiger partial charge is 0.325 e. The van der Waals surface area contributed by atoms with Gasteiger partial charge in [-0.2, -0.15) is 0 Å². The molecule has 1 N–H and O–H groups in total. The first-order valence-electron chi connectivity index (χ1n) is 6.96. The van der Waals surface area contributed by atoms with Gasteiger partial charge in [0.15, 0.2) is 0 Å². The molecule has 0 unspecified atom stereocenters. The molecule has 1 aromatic carbocycles. The maximum absolute atomic E-state index is 11.9. The van der Waals surface area contributed by atoms with Crippen LogP contribution >= 0.6 is 0 Å². The van der Waals surface area contributed by atoms with Crippen LogP contribution in [0.3, 0.4) is 0 Å². The van der Waals surface area contributed by atoms with Gasteiger partial charge in [-0.1, -0.05) is 18.2 Å². The number of rotatable bonds is 4. The molecule has 0 aromatic heterocycles. The Hall–Kier alpha value is -1.39. The molecule has 4 heteroatoms. The molecule has 19 heavy (non-hydrogen) atoms. The van der Waals surface area contributed by atoms with E-state index in [1.54, 1.807) is 0 Å². The number of carbonyl (C=O) groups excluding carboxylic acids is 1. The van der Waals surface area contributed by atoms with Gasteiger partial charge >= 0.3 is 0 Å². The quantitative estimate of drug-likeness (QED) is 0.895. The number of piperazine rings is 1. The Kier molecular flexibility index (Phi) is 4.93. The average molecular weight is 261 g/mol. The van der Waals surface area contributed by atoms with E-state index >= 15 is 0 Å². The van der Waals surface area contributed by atoms with E-state index in [9.17, 15) is 4.79 Å². The van der Waals surface area contributed by atoms with Crippen molar-refractivity contribution in [2.24, 2.45) is 0 Å². The Morgan fingerprint density at radius 1 is 1.16 bits per heavy atom. The summed E-state index contributed by atoms with van der Waals surface area (Å²) in [5.41, 5.74) is 0.869. The lowest BCUT2D eigenvalue weighted by molar-refractivity contribution is -0.117. The topological polar surface area (TPSA) is 35.6 Å². The van der Waals surface area contributed by atoms with Crippen molar-refractivity contribution in [3.63, 3.8) is 0 Å². The fourth-order valence-electron chi connectivity index (χ4n) is 2.36. The molecule has 0 atom stereocenters. The fraction of sp³-hybridized carbons (Fsp3) is 0.533. The highest BCUT2D eigenvalue weighted by Crippen LogP contribution is 2.07. The number of nitrogens with one attached hydrogen (secondary N) is 1. The van der Waals surface area contributed by atoms with Crippen molar-refractivity contribution < 1.29 is 4.79 Å². The van der Waals surface area contributed by atoms with Gasteiger partial charge in [0.1, 0.15) is 0 Å². The van der Waals surface area contributed by atoms with Crippen molar-refractivity contribution in [1.29, 1.82) is 0 Å². The summed E-state index contributed by atoms with van der Waals surface area (Å²) in [6.07, 6.45) is 0. The number of carbonyl (C=O) groups is 1. The van der Waals surface area contributed by atoms with Gasteiger partial charge in [-0.05, 0) is 26.0 Å². The molecule has 1 saturated heterocycles. The van der Waals surface area contributed by atoms with E-state index in [4.69, 9.17) is 0 Å². The summed E-state index contributed by atoms with van der Waals surface area (Å²) in [6.45, 7) is 8.98. The van der Waals surface area contributed by atoms with Gasteiger partial charge in [-0.3, -0.25) is 14.6 Å². The fourth-order valence-corrected chi connectivity index (χ4v) is 2.36. The highest BCUT2D eigenvalue weighted by atomic mass is 16.2. The molecule has 1 aliphatic rings. The molecular formula is C15H23N3O. The lowest BCUT2D eigenvalue weighted by atomic mass is 10.2. The van der Waals surface area contributed by atoms with E-state index in [0.29, 0.717) is 12.6 Å². The van der Waals surface area contributed by atoms with Gasteiger partial charge in [0.05, 0.1) is 6.54 Å². The van der Waals surface area contributed by atoms with Crippen molar-refractivity contribution in [2.45, 2.75) is 19.9 Å². The standard InChI is InChI=1S/C15H23N3O/c1-13(2)18-10-8-17(9-11-18)12-15(19)16-14-6-4-3-5-7-14/h3-7,13H,8-12H2,1-2H3,(H,16,19). The minimum Gasteiger partial charge on any atom is -0.325 e. The first-order chi connectivity index (χ1) is 9.15. The van der Waals surface area contributed by atoms with E-state index in [0.717, 1.165) is 31.9 Å². The van der Waals surface area contributed by atoms with Gasteiger partial charge in [0.2, 0.25) is 5.91 Å². The van der Waals surface area contributed by atoms with Crippen LogP contribution in [-0.4, -0.2) is 54.5 Å². The smallest absolute Gasteiger partial charge is 0.238 e. The predicted octanol–water partition coefficient (Wildman–Crippen LogP) is 1.65. The van der Waals surface area contributed by atoms with Crippen LogP contribution in [0.1, 0.15) is 13.8 Å². The third kappa shape index (κ3) is 4.33. The molecule has 104 valence electrons. The van der Waals surface area contributed by atoms with Crippen molar-refractivity contribution in [3.8, 4) is 0 Å². The summed E-state index contributed by atoms with van der Waals surface area (Å²) in [4.78, 5) is 16.6. The zero-order valence-corrected chi connectivity index (χ0v) is 11.8. The van der Waals surface area contributed by atoms with Gasteiger partial charge < -0.3 is 5.32 Å².